The Morgan fingerprint density at radius 2 is 2.32 bits per heavy atom. The average Bonchev–Trinajstić information content (AvgIpc) is 3.01. The first-order chi connectivity index (χ1) is 10.7. The highest BCUT2D eigenvalue weighted by atomic mass is 32.1. The number of methoxy groups -OCH3 is 1. The van der Waals surface area contributed by atoms with E-state index in [0.717, 1.165) is 11.3 Å². The number of hydrogen-bond donors (Lipinski definition) is 1. The van der Waals surface area contributed by atoms with E-state index < -0.39 is 0 Å². The van der Waals surface area contributed by atoms with Gasteiger partial charge in [0.25, 0.3) is 5.91 Å². The summed E-state index contributed by atoms with van der Waals surface area (Å²) in [7, 11) is 1.59. The molecule has 112 valence electrons. The maximum Gasteiger partial charge on any atom is 0.278 e. The molecule has 5 nitrogen and oxygen atoms in total. The van der Waals surface area contributed by atoms with Crippen molar-refractivity contribution < 1.29 is 14.3 Å². The molecule has 1 unspecified atom stereocenters. The fourth-order valence-corrected chi connectivity index (χ4v) is 3.03. The van der Waals surface area contributed by atoms with E-state index in [9.17, 15) is 9.59 Å². The molecule has 22 heavy (non-hydrogen) atoms. The molecule has 0 radical (unpaired) electrons. The second kappa shape index (κ2) is 6.21. The van der Waals surface area contributed by atoms with Gasteiger partial charge in [-0.2, -0.15) is 11.3 Å². The second-order valence-corrected chi connectivity index (χ2v) is 5.71. The second-order valence-electron chi connectivity index (χ2n) is 4.93. The molecule has 1 aromatic heterocycles. The fraction of sp³-hybridized carbons (Fsp3) is 0.188. The van der Waals surface area contributed by atoms with Crippen molar-refractivity contribution in [3.8, 4) is 0 Å². The molecule has 1 atom stereocenters. The van der Waals surface area contributed by atoms with Gasteiger partial charge in [0.05, 0.1) is 17.9 Å². The summed E-state index contributed by atoms with van der Waals surface area (Å²) >= 11 is 1.45. The molecule has 0 bridgehead atoms. The third-order valence-electron chi connectivity index (χ3n) is 3.39. The number of nitrogens with one attached hydrogen (secondary N) is 1. The van der Waals surface area contributed by atoms with Gasteiger partial charge in [-0.3, -0.25) is 9.59 Å². The maximum absolute atomic E-state index is 12.0. The van der Waals surface area contributed by atoms with Crippen LogP contribution in [-0.2, 0) is 9.53 Å². The number of nitrogens with zero attached hydrogens (tertiary/aromatic N) is 1. The van der Waals surface area contributed by atoms with Gasteiger partial charge < -0.3 is 10.1 Å². The highest BCUT2D eigenvalue weighted by Crippen LogP contribution is 2.27. The van der Waals surface area contributed by atoms with Crippen LogP contribution in [0.2, 0.25) is 0 Å². The van der Waals surface area contributed by atoms with E-state index in [1.165, 1.54) is 11.3 Å². The van der Waals surface area contributed by atoms with Crippen LogP contribution in [0.4, 0.5) is 0 Å². The zero-order valence-corrected chi connectivity index (χ0v) is 12.7. The van der Waals surface area contributed by atoms with E-state index >= 15 is 0 Å². The largest absolute Gasteiger partial charge is 0.380 e. The van der Waals surface area contributed by atoms with E-state index in [-0.39, 0.29) is 17.7 Å². The Morgan fingerprint density at radius 1 is 1.45 bits per heavy atom. The van der Waals surface area contributed by atoms with Crippen LogP contribution in [-0.4, -0.2) is 31.2 Å². The van der Waals surface area contributed by atoms with Crippen LogP contribution in [0.3, 0.4) is 0 Å². The van der Waals surface area contributed by atoms with Crippen molar-refractivity contribution in [3.63, 3.8) is 0 Å². The molecule has 1 aliphatic heterocycles. The number of fused-ring (bicyclic) bond motifs is 1. The lowest BCUT2D eigenvalue weighted by atomic mass is 9.88. The molecule has 0 saturated heterocycles. The summed E-state index contributed by atoms with van der Waals surface area (Å²) in [6.45, 7) is 0.389. The SMILES string of the molecule is COCC1=CC(=O)NC2=CC(=NC(=O)c3ccsc3)C=CC12. The topological polar surface area (TPSA) is 67.8 Å². The van der Waals surface area contributed by atoms with Crippen molar-refractivity contribution in [3.05, 3.63) is 58.0 Å². The third-order valence-corrected chi connectivity index (χ3v) is 4.07. The number of rotatable bonds is 3. The first-order valence-electron chi connectivity index (χ1n) is 6.73. The summed E-state index contributed by atoms with van der Waals surface area (Å²) in [5.74, 6) is -0.507. The van der Waals surface area contributed by atoms with Gasteiger partial charge in [-0.1, -0.05) is 6.08 Å². The van der Waals surface area contributed by atoms with Gasteiger partial charge in [0.2, 0.25) is 5.91 Å². The highest BCUT2D eigenvalue weighted by molar-refractivity contribution is 7.08. The zero-order valence-electron chi connectivity index (χ0n) is 11.9. The molecular formula is C16H14N2O3S. The Balaban J connectivity index is 1.86. The van der Waals surface area contributed by atoms with Crippen molar-refractivity contribution in [1.29, 1.82) is 0 Å². The molecule has 2 heterocycles. The monoisotopic (exact) mass is 314 g/mol. The van der Waals surface area contributed by atoms with E-state index in [2.05, 4.69) is 10.3 Å². The number of thiophene rings is 1. The van der Waals surface area contributed by atoms with Gasteiger partial charge in [0, 0.05) is 30.2 Å². The molecule has 1 N–H and O–H groups in total. The van der Waals surface area contributed by atoms with Crippen LogP contribution in [0.15, 0.2) is 57.4 Å². The lowest BCUT2D eigenvalue weighted by Crippen LogP contribution is -2.34. The summed E-state index contributed by atoms with van der Waals surface area (Å²) in [6.07, 6.45) is 6.99. The van der Waals surface area contributed by atoms with Gasteiger partial charge in [-0.25, -0.2) is 4.99 Å². The van der Waals surface area contributed by atoms with E-state index in [1.807, 2.05) is 11.5 Å². The number of hydrogen-bond acceptors (Lipinski definition) is 4. The number of carbonyl (C=O) groups excluding carboxylic acids is 2. The van der Waals surface area contributed by atoms with Crippen molar-refractivity contribution in [2.45, 2.75) is 0 Å². The maximum atomic E-state index is 12.0. The number of carbonyl (C=O) groups is 2. The van der Waals surface area contributed by atoms with Crippen molar-refractivity contribution in [1.82, 2.24) is 5.32 Å². The Bertz CT molecular complexity index is 727. The summed E-state index contributed by atoms with van der Waals surface area (Å²) in [6, 6.07) is 1.74. The quantitative estimate of drug-likeness (QED) is 0.929. The number of ether oxygens (including phenoxy) is 1. The number of allylic oxidation sites excluding steroid dienone is 3. The normalized spacial score (nSPS) is 22.0. The first-order valence-corrected chi connectivity index (χ1v) is 7.67. The molecule has 2 aliphatic rings. The molecule has 0 fully saturated rings. The molecule has 1 aliphatic carbocycles. The van der Waals surface area contributed by atoms with Gasteiger partial charge in [-0.05, 0) is 29.2 Å². The van der Waals surface area contributed by atoms with Crippen LogP contribution >= 0.6 is 11.3 Å². The first kappa shape index (κ1) is 14.6. The molecule has 3 rings (SSSR count). The van der Waals surface area contributed by atoms with Crippen LogP contribution < -0.4 is 5.32 Å². The predicted molar refractivity (Wildman–Crippen MR) is 84.9 cm³/mol. The lowest BCUT2D eigenvalue weighted by Gasteiger charge is -2.27. The van der Waals surface area contributed by atoms with Gasteiger partial charge in [0.1, 0.15) is 0 Å². The summed E-state index contributed by atoms with van der Waals surface area (Å²) in [4.78, 5) is 27.8. The highest BCUT2D eigenvalue weighted by Gasteiger charge is 2.26. The average molecular weight is 314 g/mol. The standard InChI is InChI=1S/C16H14N2O3S/c1-21-8-11-6-15(19)18-14-7-12(2-3-13(11)14)17-16(20)10-4-5-22-9-10/h2-7,9,13H,8H2,1H3,(H,18,19). The molecule has 1 aromatic rings. The van der Waals surface area contributed by atoms with Crippen molar-refractivity contribution in [2.75, 3.05) is 13.7 Å². The minimum atomic E-state index is -0.286. The molecule has 0 saturated carbocycles. The van der Waals surface area contributed by atoms with Crippen LogP contribution in [0, 0.1) is 5.92 Å². The third kappa shape index (κ3) is 2.98. The summed E-state index contributed by atoms with van der Waals surface area (Å²) in [5.41, 5.74) is 2.70. The minimum absolute atomic E-state index is 0.0344. The smallest absolute Gasteiger partial charge is 0.278 e. The van der Waals surface area contributed by atoms with Crippen LogP contribution in [0.25, 0.3) is 0 Å². The lowest BCUT2D eigenvalue weighted by molar-refractivity contribution is -0.116. The molecule has 0 aromatic carbocycles. The fourth-order valence-electron chi connectivity index (χ4n) is 2.40. The zero-order chi connectivity index (χ0) is 15.5. The van der Waals surface area contributed by atoms with Crippen molar-refractivity contribution in [2.24, 2.45) is 10.9 Å². The van der Waals surface area contributed by atoms with Gasteiger partial charge in [-0.15, -0.1) is 0 Å². The predicted octanol–water partition coefficient (Wildman–Crippen LogP) is 2.10. The van der Waals surface area contributed by atoms with Crippen LogP contribution in [0.5, 0.6) is 0 Å². The molecule has 0 spiro atoms. The Hall–Kier alpha value is -2.31. The van der Waals surface area contributed by atoms with E-state index in [0.29, 0.717) is 17.9 Å². The minimum Gasteiger partial charge on any atom is -0.380 e. The number of aliphatic imine (C=N–C) groups is 1. The summed E-state index contributed by atoms with van der Waals surface area (Å²) < 4.78 is 5.13. The molecular weight excluding hydrogens is 300 g/mol. The molecule has 6 heteroatoms. The Kier molecular flexibility index (Phi) is 4.13. The Morgan fingerprint density at radius 3 is 3.05 bits per heavy atom. The molecule has 2 amide bonds. The van der Waals surface area contributed by atoms with Crippen LogP contribution in [0.1, 0.15) is 10.4 Å². The van der Waals surface area contributed by atoms with Gasteiger partial charge in [0.15, 0.2) is 0 Å². The van der Waals surface area contributed by atoms with E-state index in [4.69, 9.17) is 4.74 Å². The van der Waals surface area contributed by atoms with E-state index in [1.54, 1.807) is 36.8 Å². The van der Waals surface area contributed by atoms with Gasteiger partial charge >= 0.3 is 0 Å². The van der Waals surface area contributed by atoms with Crippen molar-refractivity contribution >= 4 is 28.9 Å². The summed E-state index contributed by atoms with van der Waals surface area (Å²) in [5, 5.41) is 6.39. The Labute approximate surface area is 131 Å². The number of amides is 2.